The fraction of sp³-hybridized carbons (Fsp3) is 1.00. The van der Waals surface area contributed by atoms with Gasteiger partial charge in [0.2, 0.25) is 0 Å². The van der Waals surface area contributed by atoms with Gasteiger partial charge in [0, 0.05) is 12.5 Å². The van der Waals surface area contributed by atoms with Crippen LogP contribution in [0.25, 0.3) is 0 Å². The highest BCUT2D eigenvalue weighted by molar-refractivity contribution is 4.85. The van der Waals surface area contributed by atoms with Crippen LogP contribution in [0.1, 0.15) is 51.4 Å². The minimum atomic E-state index is -4.00. The Labute approximate surface area is 120 Å². The summed E-state index contributed by atoms with van der Waals surface area (Å²) in [6.07, 6.45) is 2.77. The van der Waals surface area contributed by atoms with Crippen LogP contribution in [-0.4, -0.2) is 43.3 Å². The van der Waals surface area contributed by atoms with Gasteiger partial charge >= 0.3 is 6.18 Å². The fourth-order valence-corrected chi connectivity index (χ4v) is 3.72. The van der Waals surface area contributed by atoms with E-state index in [1.54, 1.807) is 0 Å². The van der Waals surface area contributed by atoms with Crippen LogP contribution in [0.5, 0.6) is 0 Å². The summed E-state index contributed by atoms with van der Waals surface area (Å²) in [4.78, 5) is 2.37. The maximum Gasteiger partial charge on any atom is 0.389 e. The molecule has 5 heteroatoms. The van der Waals surface area contributed by atoms with Crippen molar-refractivity contribution in [2.24, 2.45) is 5.92 Å². The Kier molecular flexibility index (Phi) is 6.15. The lowest BCUT2D eigenvalue weighted by molar-refractivity contribution is -0.136. The molecule has 2 saturated heterocycles. The van der Waals surface area contributed by atoms with Crippen molar-refractivity contribution < 1.29 is 13.2 Å². The number of hydrogen-bond acceptors (Lipinski definition) is 2. The van der Waals surface area contributed by atoms with Crippen LogP contribution in [0.3, 0.4) is 0 Å². The minimum Gasteiger partial charge on any atom is -0.317 e. The number of rotatable bonds is 4. The third-order valence-corrected chi connectivity index (χ3v) is 4.75. The summed E-state index contributed by atoms with van der Waals surface area (Å²) in [5, 5.41) is 3.38. The molecular formula is C15H27F3N2. The lowest BCUT2D eigenvalue weighted by atomic mass is 9.86. The third kappa shape index (κ3) is 5.24. The number of alkyl halides is 3. The lowest BCUT2D eigenvalue weighted by Crippen LogP contribution is -2.44. The Bertz CT molecular complexity index is 275. The number of piperidine rings is 1. The zero-order valence-electron chi connectivity index (χ0n) is 12.2. The molecule has 1 unspecified atom stereocenters. The second-order valence-corrected chi connectivity index (χ2v) is 6.26. The zero-order chi connectivity index (χ0) is 14.4. The molecule has 2 aliphatic rings. The van der Waals surface area contributed by atoms with Crippen LogP contribution >= 0.6 is 0 Å². The molecule has 1 atom stereocenters. The van der Waals surface area contributed by atoms with Crippen molar-refractivity contribution in [2.75, 3.05) is 26.2 Å². The lowest BCUT2D eigenvalue weighted by Gasteiger charge is -2.38. The van der Waals surface area contributed by atoms with E-state index in [0.717, 1.165) is 26.1 Å². The Morgan fingerprint density at radius 1 is 1.00 bits per heavy atom. The van der Waals surface area contributed by atoms with Crippen molar-refractivity contribution in [3.63, 3.8) is 0 Å². The maximum atomic E-state index is 12.3. The van der Waals surface area contributed by atoms with Crippen molar-refractivity contribution in [3.8, 4) is 0 Å². The summed E-state index contributed by atoms with van der Waals surface area (Å²) in [7, 11) is 0. The van der Waals surface area contributed by atoms with Crippen LogP contribution in [0.15, 0.2) is 0 Å². The monoisotopic (exact) mass is 292 g/mol. The number of hydrogen-bond donors (Lipinski definition) is 1. The van der Waals surface area contributed by atoms with Gasteiger partial charge in [0.05, 0.1) is 0 Å². The number of nitrogens with one attached hydrogen (secondary N) is 1. The molecule has 0 saturated carbocycles. The van der Waals surface area contributed by atoms with Crippen LogP contribution in [0, 0.1) is 5.92 Å². The van der Waals surface area contributed by atoms with E-state index in [1.807, 2.05) is 0 Å². The second kappa shape index (κ2) is 7.64. The van der Waals surface area contributed by atoms with E-state index in [2.05, 4.69) is 10.2 Å². The first-order valence-corrected chi connectivity index (χ1v) is 8.08. The highest BCUT2D eigenvalue weighted by atomic mass is 19.4. The van der Waals surface area contributed by atoms with Crippen molar-refractivity contribution in [3.05, 3.63) is 0 Å². The Morgan fingerprint density at radius 3 is 2.45 bits per heavy atom. The first-order valence-electron chi connectivity index (χ1n) is 8.08. The van der Waals surface area contributed by atoms with Crippen molar-refractivity contribution >= 4 is 0 Å². The molecule has 20 heavy (non-hydrogen) atoms. The Hall–Kier alpha value is -0.290. The predicted octanol–water partition coefficient (Wildman–Crippen LogP) is 3.57. The van der Waals surface area contributed by atoms with Crippen LogP contribution < -0.4 is 5.32 Å². The van der Waals surface area contributed by atoms with E-state index in [0.29, 0.717) is 18.5 Å². The van der Waals surface area contributed by atoms with Crippen LogP contribution in [0.4, 0.5) is 13.2 Å². The zero-order valence-corrected chi connectivity index (χ0v) is 12.2. The molecule has 2 rings (SSSR count). The molecule has 0 aliphatic carbocycles. The molecule has 0 aromatic carbocycles. The molecule has 118 valence electrons. The first kappa shape index (κ1) is 16.1. The molecule has 2 heterocycles. The molecule has 0 aromatic rings. The summed E-state index contributed by atoms with van der Waals surface area (Å²) in [6, 6.07) is 0.521. The first-order chi connectivity index (χ1) is 9.56. The minimum absolute atomic E-state index is 0.255. The number of likely N-dealkylation sites (tertiary alicyclic amines) is 1. The molecule has 2 fully saturated rings. The Balaban J connectivity index is 1.87. The van der Waals surface area contributed by atoms with Crippen LogP contribution in [0.2, 0.25) is 0 Å². The normalized spacial score (nSPS) is 27.4. The van der Waals surface area contributed by atoms with E-state index >= 15 is 0 Å². The van der Waals surface area contributed by atoms with E-state index in [9.17, 15) is 13.2 Å². The number of nitrogens with zero attached hydrogens (tertiary/aromatic N) is 1. The van der Waals surface area contributed by atoms with Crippen molar-refractivity contribution in [1.29, 1.82) is 0 Å². The van der Waals surface area contributed by atoms with Gasteiger partial charge in [-0.15, -0.1) is 0 Å². The summed E-state index contributed by atoms with van der Waals surface area (Å²) in [5.41, 5.74) is 0. The summed E-state index contributed by atoms with van der Waals surface area (Å²) >= 11 is 0. The van der Waals surface area contributed by atoms with Gasteiger partial charge in [-0.1, -0.05) is 12.8 Å². The second-order valence-electron chi connectivity index (χ2n) is 6.26. The summed E-state index contributed by atoms with van der Waals surface area (Å²) < 4.78 is 36.9. The van der Waals surface area contributed by atoms with Gasteiger partial charge in [0.1, 0.15) is 0 Å². The molecule has 0 radical (unpaired) electrons. The van der Waals surface area contributed by atoms with Gasteiger partial charge in [0.25, 0.3) is 0 Å². The largest absolute Gasteiger partial charge is 0.389 e. The SMILES string of the molecule is FC(F)(F)CCCN1CCCCCC1C1CCNCC1. The smallest absolute Gasteiger partial charge is 0.317 e. The van der Waals surface area contributed by atoms with Crippen molar-refractivity contribution in [1.82, 2.24) is 10.2 Å². The Morgan fingerprint density at radius 2 is 1.75 bits per heavy atom. The van der Waals surface area contributed by atoms with Gasteiger partial charge in [-0.2, -0.15) is 13.2 Å². The van der Waals surface area contributed by atoms with Gasteiger partial charge in [-0.3, -0.25) is 0 Å². The molecule has 0 spiro atoms. The molecule has 0 bridgehead atoms. The molecule has 0 aromatic heterocycles. The van der Waals surface area contributed by atoms with E-state index in [4.69, 9.17) is 0 Å². The van der Waals surface area contributed by atoms with Gasteiger partial charge in [-0.25, -0.2) is 0 Å². The molecule has 0 amide bonds. The quantitative estimate of drug-likeness (QED) is 0.852. The average Bonchev–Trinajstić information content (AvgIpc) is 2.64. The number of halogens is 3. The molecular weight excluding hydrogens is 265 g/mol. The maximum absolute atomic E-state index is 12.3. The molecule has 2 nitrogen and oxygen atoms in total. The van der Waals surface area contributed by atoms with Gasteiger partial charge in [0.15, 0.2) is 0 Å². The van der Waals surface area contributed by atoms with E-state index in [1.165, 1.54) is 32.1 Å². The highest BCUT2D eigenvalue weighted by Crippen LogP contribution is 2.29. The summed E-state index contributed by atoms with van der Waals surface area (Å²) in [5.74, 6) is 0.681. The van der Waals surface area contributed by atoms with Gasteiger partial charge < -0.3 is 10.2 Å². The van der Waals surface area contributed by atoms with Crippen molar-refractivity contribution in [2.45, 2.75) is 63.6 Å². The highest BCUT2D eigenvalue weighted by Gasteiger charge is 2.31. The standard InChI is InChI=1S/C15H27F3N2/c16-15(17,18)8-4-12-20-11-3-1-2-5-14(20)13-6-9-19-10-7-13/h13-14,19H,1-12H2. The third-order valence-electron chi connectivity index (χ3n) is 4.75. The van der Waals surface area contributed by atoms with E-state index in [-0.39, 0.29) is 6.42 Å². The predicted molar refractivity (Wildman–Crippen MR) is 74.7 cm³/mol. The van der Waals surface area contributed by atoms with Gasteiger partial charge in [-0.05, 0) is 64.2 Å². The topological polar surface area (TPSA) is 15.3 Å². The summed E-state index contributed by atoms with van der Waals surface area (Å²) in [6.45, 7) is 3.75. The van der Waals surface area contributed by atoms with E-state index < -0.39 is 12.6 Å². The molecule has 2 aliphatic heterocycles. The average molecular weight is 292 g/mol. The molecule has 1 N–H and O–H groups in total. The van der Waals surface area contributed by atoms with Crippen LogP contribution in [-0.2, 0) is 0 Å². The fourth-order valence-electron chi connectivity index (χ4n) is 3.72.